The van der Waals surface area contributed by atoms with E-state index in [1.54, 1.807) is 18.2 Å². The van der Waals surface area contributed by atoms with Gasteiger partial charge in [-0.1, -0.05) is 31.5 Å². The number of benzene rings is 1. The van der Waals surface area contributed by atoms with Gasteiger partial charge in [0.1, 0.15) is 5.75 Å². The van der Waals surface area contributed by atoms with Crippen LogP contribution in [0.2, 0.25) is 0 Å². The molecule has 0 bridgehead atoms. The zero-order valence-corrected chi connectivity index (χ0v) is 12.1. The van der Waals surface area contributed by atoms with Gasteiger partial charge in [-0.2, -0.15) is 0 Å². The van der Waals surface area contributed by atoms with Crippen molar-refractivity contribution >= 4 is 0 Å². The number of piperazine rings is 1. The van der Waals surface area contributed by atoms with Crippen LogP contribution < -0.4 is 10.1 Å². The Kier molecular flexibility index (Phi) is 5.47. The highest BCUT2D eigenvalue weighted by Gasteiger charge is 2.33. The zero-order chi connectivity index (χ0) is 15.3. The Morgan fingerprint density at radius 2 is 1.90 bits per heavy atom. The molecular weight excluding hydrogens is 281 g/mol. The normalized spacial score (nSPS) is 18.5. The Morgan fingerprint density at radius 1 is 1.24 bits per heavy atom. The number of para-hydroxylation sites is 1. The molecule has 1 aromatic rings. The molecule has 0 unspecified atom stereocenters. The summed E-state index contributed by atoms with van der Waals surface area (Å²) >= 11 is 0. The van der Waals surface area contributed by atoms with Gasteiger partial charge in [0.2, 0.25) is 0 Å². The van der Waals surface area contributed by atoms with Crippen molar-refractivity contribution in [2.45, 2.75) is 32.2 Å². The summed E-state index contributed by atoms with van der Waals surface area (Å²) < 4.78 is 41.9. The van der Waals surface area contributed by atoms with Crippen LogP contribution in [0.5, 0.6) is 5.75 Å². The van der Waals surface area contributed by atoms with E-state index >= 15 is 0 Å². The molecule has 1 aliphatic rings. The molecule has 1 atom stereocenters. The highest BCUT2D eigenvalue weighted by molar-refractivity contribution is 5.36. The van der Waals surface area contributed by atoms with E-state index in [2.05, 4.69) is 15.0 Å². The zero-order valence-electron chi connectivity index (χ0n) is 12.1. The molecule has 21 heavy (non-hydrogen) atoms. The van der Waals surface area contributed by atoms with Crippen LogP contribution in [0.25, 0.3) is 0 Å². The minimum atomic E-state index is -4.66. The number of nitrogens with zero attached hydrogens (tertiary/aromatic N) is 1. The van der Waals surface area contributed by atoms with Gasteiger partial charge in [-0.3, -0.25) is 4.90 Å². The van der Waals surface area contributed by atoms with Crippen molar-refractivity contribution in [2.75, 3.05) is 26.2 Å². The van der Waals surface area contributed by atoms with Crippen LogP contribution in [0.1, 0.15) is 31.4 Å². The van der Waals surface area contributed by atoms with Gasteiger partial charge in [-0.05, 0) is 12.5 Å². The van der Waals surface area contributed by atoms with Crippen molar-refractivity contribution in [3.8, 4) is 5.75 Å². The van der Waals surface area contributed by atoms with E-state index in [0.29, 0.717) is 5.56 Å². The van der Waals surface area contributed by atoms with Crippen molar-refractivity contribution < 1.29 is 17.9 Å². The SMILES string of the molecule is CCC[C@@H](c1ccccc1OC(F)(F)F)N1CCNCC1. The average Bonchev–Trinajstić information content (AvgIpc) is 2.45. The van der Waals surface area contributed by atoms with Crippen LogP contribution >= 0.6 is 0 Å². The molecule has 0 saturated carbocycles. The quantitative estimate of drug-likeness (QED) is 0.903. The predicted octanol–water partition coefficient (Wildman–Crippen LogP) is 3.33. The fourth-order valence-corrected chi connectivity index (χ4v) is 2.78. The minimum Gasteiger partial charge on any atom is -0.405 e. The molecule has 0 aromatic heterocycles. The summed E-state index contributed by atoms with van der Waals surface area (Å²) in [7, 11) is 0. The second-order valence-corrected chi connectivity index (χ2v) is 5.18. The molecule has 1 aliphatic heterocycles. The Balaban J connectivity index is 2.26. The molecule has 1 N–H and O–H groups in total. The Morgan fingerprint density at radius 3 is 2.52 bits per heavy atom. The molecule has 0 aliphatic carbocycles. The van der Waals surface area contributed by atoms with Gasteiger partial charge in [0.05, 0.1) is 0 Å². The third-order valence-corrected chi connectivity index (χ3v) is 3.66. The molecule has 2 rings (SSSR count). The van der Waals surface area contributed by atoms with Crippen molar-refractivity contribution in [1.29, 1.82) is 0 Å². The second kappa shape index (κ2) is 7.13. The summed E-state index contributed by atoms with van der Waals surface area (Å²) in [6, 6.07) is 6.45. The van der Waals surface area contributed by atoms with Gasteiger partial charge in [0.15, 0.2) is 0 Å². The molecule has 0 radical (unpaired) electrons. The standard InChI is InChI=1S/C15H21F3N2O/c1-2-5-13(20-10-8-19-9-11-20)12-6-3-4-7-14(12)21-15(16,17)18/h3-4,6-7,13,19H,2,5,8-11H2,1H3/t13-/m0/s1. The van der Waals surface area contributed by atoms with Crippen LogP contribution in [-0.2, 0) is 0 Å². The largest absolute Gasteiger partial charge is 0.573 e. The molecular formula is C15H21F3N2O. The number of hydrogen-bond acceptors (Lipinski definition) is 3. The highest BCUT2D eigenvalue weighted by Crippen LogP contribution is 2.35. The Bertz CT molecular complexity index is 445. The van der Waals surface area contributed by atoms with Crippen LogP contribution in [0.4, 0.5) is 13.2 Å². The molecule has 0 spiro atoms. The first-order valence-electron chi connectivity index (χ1n) is 7.30. The monoisotopic (exact) mass is 302 g/mol. The number of hydrogen-bond donors (Lipinski definition) is 1. The van der Waals surface area contributed by atoms with Crippen LogP contribution in [0.3, 0.4) is 0 Å². The van der Waals surface area contributed by atoms with E-state index in [1.807, 2.05) is 6.92 Å². The molecule has 0 amide bonds. The lowest BCUT2D eigenvalue weighted by molar-refractivity contribution is -0.275. The number of nitrogens with one attached hydrogen (secondary N) is 1. The Hall–Kier alpha value is -1.27. The summed E-state index contributed by atoms with van der Waals surface area (Å²) in [5.41, 5.74) is 0.624. The van der Waals surface area contributed by atoms with Gasteiger partial charge < -0.3 is 10.1 Å². The van der Waals surface area contributed by atoms with Crippen LogP contribution in [-0.4, -0.2) is 37.4 Å². The van der Waals surface area contributed by atoms with E-state index in [9.17, 15) is 13.2 Å². The molecule has 1 fully saturated rings. The lowest BCUT2D eigenvalue weighted by Gasteiger charge is -2.35. The predicted molar refractivity (Wildman–Crippen MR) is 75.2 cm³/mol. The summed E-state index contributed by atoms with van der Waals surface area (Å²) in [6.07, 6.45) is -2.93. The molecule has 118 valence electrons. The molecule has 6 heteroatoms. The summed E-state index contributed by atoms with van der Waals surface area (Å²) in [5.74, 6) is -0.0815. The van der Waals surface area contributed by atoms with Crippen molar-refractivity contribution in [3.63, 3.8) is 0 Å². The maximum Gasteiger partial charge on any atom is 0.573 e. The smallest absolute Gasteiger partial charge is 0.405 e. The number of ether oxygens (including phenoxy) is 1. The minimum absolute atomic E-state index is 0.0318. The maximum absolute atomic E-state index is 12.6. The third-order valence-electron chi connectivity index (χ3n) is 3.66. The third kappa shape index (κ3) is 4.61. The van der Waals surface area contributed by atoms with Gasteiger partial charge in [-0.15, -0.1) is 13.2 Å². The number of alkyl halides is 3. The highest BCUT2D eigenvalue weighted by atomic mass is 19.4. The Labute approximate surface area is 123 Å². The average molecular weight is 302 g/mol. The molecule has 3 nitrogen and oxygen atoms in total. The van der Waals surface area contributed by atoms with Gasteiger partial charge in [0.25, 0.3) is 0 Å². The lowest BCUT2D eigenvalue weighted by atomic mass is 9.99. The van der Waals surface area contributed by atoms with Crippen molar-refractivity contribution in [3.05, 3.63) is 29.8 Å². The van der Waals surface area contributed by atoms with E-state index in [4.69, 9.17) is 0 Å². The van der Waals surface area contributed by atoms with Crippen molar-refractivity contribution in [2.24, 2.45) is 0 Å². The van der Waals surface area contributed by atoms with Gasteiger partial charge in [0, 0.05) is 37.8 Å². The first-order valence-corrected chi connectivity index (χ1v) is 7.30. The number of halogens is 3. The van der Waals surface area contributed by atoms with Crippen LogP contribution in [0, 0.1) is 0 Å². The summed E-state index contributed by atoms with van der Waals surface area (Å²) in [5, 5.41) is 3.26. The van der Waals surface area contributed by atoms with Gasteiger partial charge in [-0.25, -0.2) is 0 Å². The summed E-state index contributed by atoms with van der Waals surface area (Å²) in [6.45, 7) is 5.45. The van der Waals surface area contributed by atoms with E-state index in [0.717, 1.165) is 39.0 Å². The second-order valence-electron chi connectivity index (χ2n) is 5.18. The van der Waals surface area contributed by atoms with E-state index < -0.39 is 6.36 Å². The van der Waals surface area contributed by atoms with E-state index in [1.165, 1.54) is 6.07 Å². The maximum atomic E-state index is 12.6. The first kappa shape index (κ1) is 16.1. The number of rotatable bonds is 5. The van der Waals surface area contributed by atoms with Crippen molar-refractivity contribution in [1.82, 2.24) is 10.2 Å². The van der Waals surface area contributed by atoms with E-state index in [-0.39, 0.29) is 11.8 Å². The first-order chi connectivity index (χ1) is 10.0. The molecule has 1 heterocycles. The summed E-state index contributed by atoms with van der Waals surface area (Å²) in [4.78, 5) is 2.23. The fraction of sp³-hybridized carbons (Fsp3) is 0.600. The topological polar surface area (TPSA) is 24.5 Å². The van der Waals surface area contributed by atoms with Crippen LogP contribution in [0.15, 0.2) is 24.3 Å². The van der Waals surface area contributed by atoms with Gasteiger partial charge >= 0.3 is 6.36 Å². The molecule has 1 saturated heterocycles. The fourth-order valence-electron chi connectivity index (χ4n) is 2.78. The molecule has 1 aromatic carbocycles. The lowest BCUT2D eigenvalue weighted by Crippen LogP contribution is -2.45.